The van der Waals surface area contributed by atoms with E-state index in [-0.39, 0.29) is 5.91 Å². The van der Waals surface area contributed by atoms with Crippen molar-refractivity contribution in [2.24, 2.45) is 10.1 Å². The van der Waals surface area contributed by atoms with Crippen LogP contribution in [-0.4, -0.2) is 39.8 Å². The summed E-state index contributed by atoms with van der Waals surface area (Å²) in [5, 5.41) is 15.7. The number of rotatable bonds is 13. The zero-order valence-electron chi connectivity index (χ0n) is 19.5. The predicted octanol–water partition coefficient (Wildman–Crippen LogP) is 4.70. The highest BCUT2D eigenvalue weighted by Gasteiger charge is 2.40. The van der Waals surface area contributed by atoms with Gasteiger partial charge in [0.1, 0.15) is 27.8 Å². The molecule has 2 rings (SSSR count). The topological polar surface area (TPSA) is 113 Å². The third kappa shape index (κ3) is 7.39. The molecule has 0 bridgehead atoms. The first-order chi connectivity index (χ1) is 15.3. The van der Waals surface area contributed by atoms with Crippen LogP contribution in [0.4, 0.5) is 0 Å². The molecule has 0 aliphatic carbocycles. The van der Waals surface area contributed by atoms with Crippen molar-refractivity contribution in [1.29, 1.82) is 0 Å². The molecule has 0 radical (unpaired) electrons. The fourth-order valence-electron chi connectivity index (χ4n) is 3.35. The molecule has 1 aliphatic rings. The van der Waals surface area contributed by atoms with Crippen LogP contribution in [0.5, 0.6) is 5.75 Å². The van der Waals surface area contributed by atoms with E-state index in [0.717, 1.165) is 19.3 Å². The lowest BCUT2D eigenvalue weighted by molar-refractivity contribution is -0.125. The highest BCUT2D eigenvalue weighted by Crippen LogP contribution is 2.30. The van der Waals surface area contributed by atoms with Gasteiger partial charge in [0.2, 0.25) is 5.91 Å². The van der Waals surface area contributed by atoms with Gasteiger partial charge >= 0.3 is 5.63 Å². The Morgan fingerprint density at radius 3 is 2.75 bits per heavy atom. The molecule has 0 aromatic carbocycles. The molecular formula is C23H35N3O5S. The molecule has 1 aliphatic heterocycles. The number of nitrogens with zero attached hydrogens (tertiary/aromatic N) is 2. The summed E-state index contributed by atoms with van der Waals surface area (Å²) >= 11 is 1.37. The number of oxime groups is 1. The molecule has 1 amide bonds. The Bertz CT molecular complexity index is 883. The summed E-state index contributed by atoms with van der Waals surface area (Å²) < 4.78 is 11.2. The summed E-state index contributed by atoms with van der Waals surface area (Å²) in [4.78, 5) is 29.7. The van der Waals surface area contributed by atoms with Crippen LogP contribution < -0.4 is 15.7 Å². The first kappa shape index (κ1) is 26.0. The number of aliphatic imine (C=N–C) groups is 1. The number of amides is 1. The quantitative estimate of drug-likeness (QED) is 0.189. The molecular weight excluding hydrogens is 430 g/mol. The van der Waals surface area contributed by atoms with Crippen LogP contribution in [0, 0.1) is 0 Å². The minimum absolute atomic E-state index is 0.269. The Hall–Kier alpha value is -2.29. The van der Waals surface area contributed by atoms with Crippen molar-refractivity contribution < 1.29 is 19.2 Å². The summed E-state index contributed by atoms with van der Waals surface area (Å²) in [5.41, 5.74) is -1.12. The third-order valence-electron chi connectivity index (χ3n) is 5.29. The first-order valence-electron chi connectivity index (χ1n) is 11.3. The van der Waals surface area contributed by atoms with Crippen molar-refractivity contribution in [2.45, 2.75) is 84.2 Å². The molecule has 1 aromatic heterocycles. The van der Waals surface area contributed by atoms with Gasteiger partial charge in [0.15, 0.2) is 0 Å². The van der Waals surface area contributed by atoms with Gasteiger partial charge in [-0.3, -0.25) is 9.79 Å². The summed E-state index contributed by atoms with van der Waals surface area (Å²) in [6.45, 7) is 8.09. The highest BCUT2D eigenvalue weighted by atomic mass is 32.2. The van der Waals surface area contributed by atoms with Crippen molar-refractivity contribution in [1.82, 2.24) is 5.32 Å². The minimum Gasteiger partial charge on any atom is -0.493 e. The van der Waals surface area contributed by atoms with Crippen LogP contribution in [0.2, 0.25) is 0 Å². The molecule has 178 valence electrons. The van der Waals surface area contributed by atoms with Crippen LogP contribution in [-0.2, 0) is 4.79 Å². The predicted molar refractivity (Wildman–Crippen MR) is 128 cm³/mol. The van der Waals surface area contributed by atoms with E-state index in [1.807, 2.05) is 6.92 Å². The molecule has 0 spiro atoms. The van der Waals surface area contributed by atoms with Gasteiger partial charge in [-0.05, 0) is 26.7 Å². The van der Waals surface area contributed by atoms with Gasteiger partial charge in [0.05, 0.1) is 18.7 Å². The number of unbranched alkanes of at least 4 members (excludes halogenated alkanes) is 4. The zero-order valence-corrected chi connectivity index (χ0v) is 20.3. The van der Waals surface area contributed by atoms with E-state index < -0.39 is 17.2 Å². The summed E-state index contributed by atoms with van der Waals surface area (Å²) in [7, 11) is 0. The lowest BCUT2D eigenvalue weighted by Crippen LogP contribution is -2.45. The lowest BCUT2D eigenvalue weighted by Gasteiger charge is -2.24. The van der Waals surface area contributed by atoms with E-state index in [2.05, 4.69) is 22.4 Å². The van der Waals surface area contributed by atoms with Crippen LogP contribution >= 0.6 is 11.8 Å². The number of ether oxygens (including phenoxy) is 1. The SMILES string of the molecule is CCCCCCCOc1cc([C@@H](CCC)NC(=O)C2(C)CSC(/C(C)=N\O)=N2)oc(=O)c1. The maximum Gasteiger partial charge on any atom is 0.339 e. The second kappa shape index (κ2) is 12.7. The van der Waals surface area contributed by atoms with E-state index in [9.17, 15) is 9.59 Å². The molecule has 9 heteroatoms. The smallest absolute Gasteiger partial charge is 0.339 e. The Balaban J connectivity index is 2.09. The first-order valence-corrected chi connectivity index (χ1v) is 12.3. The molecule has 2 heterocycles. The zero-order chi connectivity index (χ0) is 23.6. The monoisotopic (exact) mass is 465 g/mol. The number of carbonyl (C=O) groups is 1. The molecule has 0 fully saturated rings. The number of nitrogens with one attached hydrogen (secondary N) is 1. The Kier molecular flexibility index (Phi) is 10.3. The van der Waals surface area contributed by atoms with Gasteiger partial charge < -0.3 is 19.7 Å². The molecule has 1 aromatic rings. The molecule has 0 saturated carbocycles. The van der Waals surface area contributed by atoms with Crippen LogP contribution in [0.15, 0.2) is 31.5 Å². The molecule has 32 heavy (non-hydrogen) atoms. The normalized spacial score (nSPS) is 19.5. The standard InChI is InChI=1S/C23H35N3O5S/c1-5-7-8-9-10-12-30-17-13-19(31-20(27)14-17)18(11-6-2)24-22(28)23(4)15-32-21(25-23)16(3)26-29/h13-14,18,29H,5-12,15H2,1-4H3,(H,24,28)/b26-16-/t18-,23?/m1/s1. The van der Waals surface area contributed by atoms with E-state index in [1.54, 1.807) is 19.9 Å². The van der Waals surface area contributed by atoms with Crippen molar-refractivity contribution in [2.75, 3.05) is 12.4 Å². The molecule has 8 nitrogen and oxygen atoms in total. The molecule has 2 atom stereocenters. The number of carbonyl (C=O) groups excluding carboxylic acids is 1. The van der Waals surface area contributed by atoms with E-state index in [4.69, 9.17) is 14.4 Å². The minimum atomic E-state index is -0.995. The van der Waals surface area contributed by atoms with Crippen molar-refractivity contribution in [3.63, 3.8) is 0 Å². The van der Waals surface area contributed by atoms with Crippen molar-refractivity contribution in [3.05, 3.63) is 28.3 Å². The lowest BCUT2D eigenvalue weighted by atomic mass is 10.0. The average molecular weight is 466 g/mol. The number of hydrogen-bond donors (Lipinski definition) is 2. The Labute approximate surface area is 193 Å². The largest absolute Gasteiger partial charge is 0.493 e. The summed E-state index contributed by atoms with van der Waals surface area (Å²) in [6.07, 6.45) is 6.99. The maximum absolute atomic E-state index is 13.1. The second-order valence-corrected chi connectivity index (χ2v) is 9.22. The van der Waals surface area contributed by atoms with Crippen molar-refractivity contribution in [3.8, 4) is 5.75 Å². The van der Waals surface area contributed by atoms with Gasteiger partial charge in [-0.25, -0.2) is 4.79 Å². The maximum atomic E-state index is 13.1. The van der Waals surface area contributed by atoms with Gasteiger partial charge in [-0.15, -0.1) is 11.8 Å². The fourth-order valence-corrected chi connectivity index (χ4v) is 4.48. The van der Waals surface area contributed by atoms with E-state index in [0.29, 0.717) is 41.0 Å². The molecule has 1 unspecified atom stereocenters. The molecule has 2 N–H and O–H groups in total. The van der Waals surface area contributed by atoms with Crippen LogP contribution in [0.1, 0.15) is 84.4 Å². The third-order valence-corrected chi connectivity index (χ3v) is 6.66. The number of hydrogen-bond acceptors (Lipinski definition) is 8. The molecule has 0 saturated heterocycles. The van der Waals surface area contributed by atoms with Crippen LogP contribution in [0.25, 0.3) is 0 Å². The average Bonchev–Trinajstić information content (AvgIpc) is 3.18. The highest BCUT2D eigenvalue weighted by molar-refractivity contribution is 8.16. The van der Waals surface area contributed by atoms with Gasteiger partial charge in [0.25, 0.3) is 0 Å². The van der Waals surface area contributed by atoms with Crippen LogP contribution in [0.3, 0.4) is 0 Å². The van der Waals surface area contributed by atoms with Gasteiger partial charge in [-0.1, -0.05) is 51.1 Å². The summed E-state index contributed by atoms with van der Waals surface area (Å²) in [5.74, 6) is 1.000. The summed E-state index contributed by atoms with van der Waals surface area (Å²) in [6, 6.07) is 2.56. The number of thioether (sulfide) groups is 1. The second-order valence-electron chi connectivity index (χ2n) is 8.26. The van der Waals surface area contributed by atoms with Crippen molar-refractivity contribution >= 4 is 28.4 Å². The van der Waals surface area contributed by atoms with E-state index >= 15 is 0 Å². The Morgan fingerprint density at radius 1 is 1.31 bits per heavy atom. The fraction of sp³-hybridized carbons (Fsp3) is 0.652. The van der Waals surface area contributed by atoms with Gasteiger partial charge in [0, 0.05) is 11.8 Å². The Morgan fingerprint density at radius 2 is 2.06 bits per heavy atom. The van der Waals surface area contributed by atoms with E-state index in [1.165, 1.54) is 37.1 Å². The van der Waals surface area contributed by atoms with Gasteiger partial charge in [-0.2, -0.15) is 0 Å².